The first-order valence-corrected chi connectivity index (χ1v) is 8.80. The Bertz CT molecular complexity index is 692. The quantitative estimate of drug-likeness (QED) is 0.591. The maximum Gasteiger partial charge on any atom is 0.252 e. The molecule has 0 aliphatic rings. The third kappa shape index (κ3) is 5.90. The van der Waals surface area contributed by atoms with Crippen molar-refractivity contribution in [3.63, 3.8) is 0 Å². The number of nitrogens with one attached hydrogen (secondary N) is 1. The minimum absolute atomic E-state index is 0.137. The van der Waals surface area contributed by atoms with Crippen molar-refractivity contribution < 1.29 is 4.79 Å². The van der Waals surface area contributed by atoms with Gasteiger partial charge in [0.15, 0.2) is 0 Å². The lowest BCUT2D eigenvalue weighted by molar-refractivity contribution is -0.120. The second kappa shape index (κ2) is 8.96. The molecule has 0 fully saturated rings. The molecule has 0 heterocycles. The molecule has 120 valence electrons. The van der Waals surface area contributed by atoms with Crippen LogP contribution in [0, 0.1) is 0 Å². The summed E-state index contributed by atoms with van der Waals surface area (Å²) in [6.45, 7) is 1.86. The van der Waals surface area contributed by atoms with Crippen LogP contribution in [0.1, 0.15) is 18.1 Å². The van der Waals surface area contributed by atoms with Gasteiger partial charge in [-0.15, -0.1) is 11.8 Å². The summed E-state index contributed by atoms with van der Waals surface area (Å²) >= 11 is 13.3. The number of rotatable bonds is 6. The number of amides is 1. The molecule has 2 aromatic rings. The van der Waals surface area contributed by atoms with Gasteiger partial charge in [-0.3, -0.25) is 4.79 Å². The molecule has 1 N–H and O–H groups in total. The van der Waals surface area contributed by atoms with E-state index < -0.39 is 0 Å². The van der Waals surface area contributed by atoms with Crippen LogP contribution in [0.15, 0.2) is 53.6 Å². The molecule has 1 amide bonds. The zero-order chi connectivity index (χ0) is 16.7. The molecule has 0 unspecified atom stereocenters. The molecule has 2 rings (SSSR count). The van der Waals surface area contributed by atoms with E-state index in [1.165, 1.54) is 11.8 Å². The standard InChI is InChI=1S/C17H16Cl2N2OS/c1-12(23-11-13-5-3-2-4-6-13)17(22)21-20-10-14-7-8-15(18)16(19)9-14/h2-10,12H,11H2,1H3,(H,21,22)/b20-10-/t12-/m0/s1. The smallest absolute Gasteiger partial charge is 0.252 e. The number of nitrogens with zero attached hydrogens (tertiary/aromatic N) is 1. The van der Waals surface area contributed by atoms with Gasteiger partial charge in [-0.1, -0.05) is 59.6 Å². The van der Waals surface area contributed by atoms with Gasteiger partial charge in [-0.2, -0.15) is 5.10 Å². The summed E-state index contributed by atoms with van der Waals surface area (Å²) in [5.74, 6) is 0.647. The molecule has 1 atom stereocenters. The first kappa shape index (κ1) is 17.9. The molecule has 0 aliphatic carbocycles. The van der Waals surface area contributed by atoms with Crippen LogP contribution in [-0.4, -0.2) is 17.4 Å². The summed E-state index contributed by atoms with van der Waals surface area (Å²) in [7, 11) is 0. The summed E-state index contributed by atoms with van der Waals surface area (Å²) in [6.07, 6.45) is 1.54. The summed E-state index contributed by atoms with van der Waals surface area (Å²) < 4.78 is 0. The van der Waals surface area contributed by atoms with E-state index in [1.807, 2.05) is 37.3 Å². The van der Waals surface area contributed by atoms with Gasteiger partial charge in [-0.25, -0.2) is 5.43 Å². The molecular weight excluding hydrogens is 351 g/mol. The van der Waals surface area contributed by atoms with E-state index in [1.54, 1.807) is 30.0 Å². The molecule has 23 heavy (non-hydrogen) atoms. The Labute approximate surface area is 150 Å². The average molecular weight is 367 g/mol. The Hall–Kier alpha value is -1.49. The molecule has 0 spiro atoms. The predicted molar refractivity (Wildman–Crippen MR) is 99.4 cm³/mol. The number of halogens is 2. The van der Waals surface area contributed by atoms with Crippen LogP contribution in [0.5, 0.6) is 0 Å². The van der Waals surface area contributed by atoms with Crippen LogP contribution in [0.3, 0.4) is 0 Å². The summed E-state index contributed by atoms with van der Waals surface area (Å²) in [5.41, 5.74) is 4.49. The fraction of sp³-hybridized carbons (Fsp3) is 0.176. The van der Waals surface area contributed by atoms with E-state index in [2.05, 4.69) is 10.5 Å². The highest BCUT2D eigenvalue weighted by Crippen LogP contribution is 2.21. The topological polar surface area (TPSA) is 41.5 Å². The van der Waals surface area contributed by atoms with Crippen molar-refractivity contribution >= 4 is 47.1 Å². The van der Waals surface area contributed by atoms with Crippen molar-refractivity contribution in [1.29, 1.82) is 0 Å². The van der Waals surface area contributed by atoms with Crippen molar-refractivity contribution in [2.75, 3.05) is 0 Å². The number of hydrogen-bond acceptors (Lipinski definition) is 3. The second-order valence-electron chi connectivity index (χ2n) is 4.85. The lowest BCUT2D eigenvalue weighted by atomic mass is 10.2. The Balaban J connectivity index is 1.81. The number of hydrogen-bond donors (Lipinski definition) is 1. The maximum absolute atomic E-state index is 12.0. The van der Waals surface area contributed by atoms with Crippen molar-refractivity contribution in [1.82, 2.24) is 5.43 Å². The lowest BCUT2D eigenvalue weighted by Crippen LogP contribution is -2.26. The molecule has 0 saturated heterocycles. The lowest BCUT2D eigenvalue weighted by Gasteiger charge is -2.09. The highest BCUT2D eigenvalue weighted by atomic mass is 35.5. The second-order valence-corrected chi connectivity index (χ2v) is 6.99. The minimum Gasteiger partial charge on any atom is -0.272 e. The van der Waals surface area contributed by atoms with Gasteiger partial charge in [-0.05, 0) is 30.2 Å². The van der Waals surface area contributed by atoms with E-state index in [0.717, 1.165) is 11.3 Å². The molecule has 0 aliphatic heterocycles. The summed E-state index contributed by atoms with van der Waals surface area (Å²) in [5, 5.41) is 4.69. The number of carbonyl (C=O) groups excluding carboxylic acids is 1. The first-order valence-electron chi connectivity index (χ1n) is 7.00. The predicted octanol–water partition coefficient (Wildman–Crippen LogP) is 4.77. The number of hydrazone groups is 1. The monoisotopic (exact) mass is 366 g/mol. The van der Waals surface area contributed by atoms with Gasteiger partial charge in [0.1, 0.15) is 0 Å². The van der Waals surface area contributed by atoms with Gasteiger partial charge in [0.2, 0.25) is 0 Å². The van der Waals surface area contributed by atoms with Crippen LogP contribution in [0.25, 0.3) is 0 Å². The molecule has 0 bridgehead atoms. The van der Waals surface area contributed by atoms with Crippen LogP contribution >= 0.6 is 35.0 Å². The van der Waals surface area contributed by atoms with Gasteiger partial charge < -0.3 is 0 Å². The molecule has 0 radical (unpaired) electrons. The van der Waals surface area contributed by atoms with Gasteiger partial charge in [0, 0.05) is 5.75 Å². The zero-order valence-corrected chi connectivity index (χ0v) is 14.8. The van der Waals surface area contributed by atoms with E-state index in [-0.39, 0.29) is 11.2 Å². The van der Waals surface area contributed by atoms with Crippen molar-refractivity contribution in [2.45, 2.75) is 17.9 Å². The van der Waals surface area contributed by atoms with Crippen molar-refractivity contribution in [3.05, 3.63) is 69.7 Å². The van der Waals surface area contributed by atoms with Crippen LogP contribution in [0.2, 0.25) is 10.0 Å². The average Bonchev–Trinajstić information content (AvgIpc) is 2.56. The molecular formula is C17H16Cl2N2OS. The highest BCUT2D eigenvalue weighted by molar-refractivity contribution is 7.99. The number of thioether (sulfide) groups is 1. The minimum atomic E-state index is -0.193. The Kier molecular flexibility index (Phi) is 6.96. The van der Waals surface area contributed by atoms with Crippen LogP contribution < -0.4 is 5.43 Å². The van der Waals surface area contributed by atoms with Crippen molar-refractivity contribution in [2.24, 2.45) is 5.10 Å². The Morgan fingerprint density at radius 3 is 2.65 bits per heavy atom. The number of carbonyl (C=O) groups is 1. The van der Waals surface area contributed by atoms with E-state index >= 15 is 0 Å². The molecule has 0 aromatic heterocycles. The maximum atomic E-state index is 12.0. The largest absolute Gasteiger partial charge is 0.272 e. The Morgan fingerprint density at radius 2 is 1.96 bits per heavy atom. The SMILES string of the molecule is C[C@H](SCc1ccccc1)C(=O)N/N=C\c1ccc(Cl)c(Cl)c1. The van der Waals surface area contributed by atoms with E-state index in [9.17, 15) is 4.79 Å². The van der Waals surface area contributed by atoms with Gasteiger partial charge >= 0.3 is 0 Å². The third-order valence-electron chi connectivity index (χ3n) is 3.04. The van der Waals surface area contributed by atoms with Gasteiger partial charge in [0.25, 0.3) is 5.91 Å². The fourth-order valence-corrected chi connectivity index (χ4v) is 2.87. The van der Waals surface area contributed by atoms with Gasteiger partial charge in [0.05, 0.1) is 21.5 Å². The normalized spacial score (nSPS) is 12.3. The molecule has 0 saturated carbocycles. The van der Waals surface area contributed by atoms with Crippen molar-refractivity contribution in [3.8, 4) is 0 Å². The van der Waals surface area contributed by atoms with Crippen LogP contribution in [0.4, 0.5) is 0 Å². The molecule has 2 aromatic carbocycles. The van der Waals surface area contributed by atoms with E-state index in [0.29, 0.717) is 10.0 Å². The van der Waals surface area contributed by atoms with E-state index in [4.69, 9.17) is 23.2 Å². The Morgan fingerprint density at radius 1 is 1.22 bits per heavy atom. The summed E-state index contributed by atoms with van der Waals surface area (Å²) in [4.78, 5) is 12.0. The third-order valence-corrected chi connectivity index (χ3v) is 5.00. The molecule has 6 heteroatoms. The number of benzene rings is 2. The first-order chi connectivity index (χ1) is 11.1. The fourth-order valence-electron chi connectivity index (χ4n) is 1.73. The zero-order valence-electron chi connectivity index (χ0n) is 12.5. The molecule has 3 nitrogen and oxygen atoms in total. The summed E-state index contributed by atoms with van der Waals surface area (Å²) in [6, 6.07) is 15.2. The highest BCUT2D eigenvalue weighted by Gasteiger charge is 2.12. The van der Waals surface area contributed by atoms with Crippen LogP contribution in [-0.2, 0) is 10.5 Å².